The van der Waals surface area contributed by atoms with Gasteiger partial charge in [-0.3, -0.25) is 0 Å². The lowest BCUT2D eigenvalue weighted by Crippen LogP contribution is -2.02. The van der Waals surface area contributed by atoms with Crippen LogP contribution in [0.25, 0.3) is 0 Å². The van der Waals surface area contributed by atoms with Crippen molar-refractivity contribution in [2.45, 2.75) is 6.42 Å². The number of alkyl halides is 1. The molecule has 0 aliphatic heterocycles. The highest BCUT2D eigenvalue weighted by atomic mass is 79.9. The first kappa shape index (κ1) is 10.0. The van der Waals surface area contributed by atoms with Gasteiger partial charge in [-0.25, -0.2) is 4.98 Å². The molecule has 13 heavy (non-hydrogen) atoms. The molecule has 0 saturated carbocycles. The standard InChI is InChI=1S/C9H10BrN3/c10-4-1-5-12-9-3-2-8(6-11)13-7-9/h2-3,7,12H,1,4-5H2. The second-order valence-electron chi connectivity index (χ2n) is 2.51. The molecule has 1 rings (SSSR count). The Labute approximate surface area is 85.9 Å². The van der Waals surface area contributed by atoms with Gasteiger partial charge in [0.05, 0.1) is 11.9 Å². The number of hydrogen-bond donors (Lipinski definition) is 1. The molecule has 4 heteroatoms. The van der Waals surface area contributed by atoms with Crippen LogP contribution in [0.2, 0.25) is 0 Å². The molecule has 0 aliphatic carbocycles. The zero-order valence-corrected chi connectivity index (χ0v) is 8.71. The summed E-state index contributed by atoms with van der Waals surface area (Å²) in [4.78, 5) is 3.94. The molecule has 0 amide bonds. The molecular weight excluding hydrogens is 230 g/mol. The number of anilines is 1. The minimum absolute atomic E-state index is 0.450. The van der Waals surface area contributed by atoms with Crippen LogP contribution < -0.4 is 5.32 Å². The fourth-order valence-electron chi connectivity index (χ4n) is 0.864. The Morgan fingerprint density at radius 2 is 2.38 bits per heavy atom. The van der Waals surface area contributed by atoms with Gasteiger partial charge < -0.3 is 5.32 Å². The number of pyridine rings is 1. The van der Waals surface area contributed by atoms with E-state index >= 15 is 0 Å². The number of halogens is 1. The predicted octanol–water partition coefficient (Wildman–Crippen LogP) is 2.15. The summed E-state index contributed by atoms with van der Waals surface area (Å²) in [5, 5.41) is 12.7. The third-order valence-electron chi connectivity index (χ3n) is 1.52. The van der Waals surface area contributed by atoms with Crippen LogP contribution in [0.4, 0.5) is 5.69 Å². The van der Waals surface area contributed by atoms with Crippen molar-refractivity contribution < 1.29 is 0 Å². The number of nitriles is 1. The molecule has 0 atom stereocenters. The summed E-state index contributed by atoms with van der Waals surface area (Å²) in [6.45, 7) is 0.916. The number of nitrogens with one attached hydrogen (secondary N) is 1. The molecule has 1 aromatic rings. The molecule has 0 radical (unpaired) electrons. The first-order valence-corrected chi connectivity index (χ1v) is 5.15. The average Bonchev–Trinajstić information content (AvgIpc) is 2.19. The molecule has 0 aromatic carbocycles. The van der Waals surface area contributed by atoms with Gasteiger partial charge in [0.25, 0.3) is 0 Å². The molecule has 68 valence electrons. The Morgan fingerprint density at radius 1 is 1.54 bits per heavy atom. The molecule has 1 heterocycles. The Morgan fingerprint density at radius 3 is 2.92 bits per heavy atom. The minimum atomic E-state index is 0.450. The highest BCUT2D eigenvalue weighted by Crippen LogP contribution is 2.05. The second-order valence-corrected chi connectivity index (χ2v) is 3.31. The molecule has 0 bridgehead atoms. The normalized spacial score (nSPS) is 9.23. The maximum atomic E-state index is 8.50. The van der Waals surface area contributed by atoms with Crippen LogP contribution in [0.3, 0.4) is 0 Å². The quantitative estimate of drug-likeness (QED) is 0.648. The predicted molar refractivity (Wildman–Crippen MR) is 55.9 cm³/mol. The van der Waals surface area contributed by atoms with Gasteiger partial charge in [-0.1, -0.05) is 15.9 Å². The Hall–Kier alpha value is -1.08. The van der Waals surface area contributed by atoms with E-state index in [1.165, 1.54) is 0 Å². The maximum Gasteiger partial charge on any atom is 0.140 e. The lowest BCUT2D eigenvalue weighted by Gasteiger charge is -2.03. The first-order valence-electron chi connectivity index (χ1n) is 4.03. The lowest BCUT2D eigenvalue weighted by molar-refractivity contribution is 0.996. The van der Waals surface area contributed by atoms with E-state index in [1.807, 2.05) is 12.1 Å². The van der Waals surface area contributed by atoms with E-state index in [0.717, 1.165) is 24.0 Å². The van der Waals surface area contributed by atoms with Gasteiger partial charge in [-0.05, 0) is 18.6 Å². The van der Waals surface area contributed by atoms with Gasteiger partial charge in [0.2, 0.25) is 0 Å². The molecule has 1 N–H and O–H groups in total. The van der Waals surface area contributed by atoms with Crippen LogP contribution >= 0.6 is 15.9 Å². The molecule has 0 spiro atoms. The molecule has 0 fully saturated rings. The van der Waals surface area contributed by atoms with E-state index in [1.54, 1.807) is 12.3 Å². The highest BCUT2D eigenvalue weighted by molar-refractivity contribution is 9.09. The summed E-state index contributed by atoms with van der Waals surface area (Å²) in [5.41, 5.74) is 1.41. The number of rotatable bonds is 4. The Kier molecular flexibility index (Phi) is 4.27. The van der Waals surface area contributed by atoms with Gasteiger partial charge in [0.15, 0.2) is 0 Å². The molecule has 0 saturated heterocycles. The van der Waals surface area contributed by atoms with Crippen molar-refractivity contribution >= 4 is 21.6 Å². The van der Waals surface area contributed by atoms with Crippen molar-refractivity contribution in [3.8, 4) is 6.07 Å². The van der Waals surface area contributed by atoms with Crippen LogP contribution in [-0.2, 0) is 0 Å². The fraction of sp³-hybridized carbons (Fsp3) is 0.333. The van der Waals surface area contributed by atoms with Crippen LogP contribution in [-0.4, -0.2) is 16.9 Å². The van der Waals surface area contributed by atoms with E-state index < -0.39 is 0 Å². The van der Waals surface area contributed by atoms with Crippen molar-refractivity contribution in [3.63, 3.8) is 0 Å². The zero-order valence-electron chi connectivity index (χ0n) is 7.13. The van der Waals surface area contributed by atoms with Gasteiger partial charge >= 0.3 is 0 Å². The van der Waals surface area contributed by atoms with Crippen molar-refractivity contribution in [1.82, 2.24) is 4.98 Å². The van der Waals surface area contributed by atoms with Crippen LogP contribution in [0.15, 0.2) is 18.3 Å². The molecule has 3 nitrogen and oxygen atoms in total. The monoisotopic (exact) mass is 239 g/mol. The van der Waals surface area contributed by atoms with E-state index in [9.17, 15) is 0 Å². The SMILES string of the molecule is N#Cc1ccc(NCCCBr)cn1. The van der Waals surface area contributed by atoms with Crippen LogP contribution in [0.1, 0.15) is 12.1 Å². The zero-order chi connectivity index (χ0) is 9.52. The summed E-state index contributed by atoms with van der Waals surface area (Å²) in [5.74, 6) is 0. The Bertz CT molecular complexity index is 289. The van der Waals surface area contributed by atoms with Crippen LogP contribution in [0, 0.1) is 11.3 Å². The highest BCUT2D eigenvalue weighted by Gasteiger charge is 1.92. The molecule has 0 aliphatic rings. The number of hydrogen-bond acceptors (Lipinski definition) is 3. The smallest absolute Gasteiger partial charge is 0.140 e. The fourth-order valence-corrected chi connectivity index (χ4v) is 1.14. The average molecular weight is 240 g/mol. The summed E-state index contributed by atoms with van der Waals surface area (Å²) < 4.78 is 0. The van der Waals surface area contributed by atoms with E-state index in [2.05, 4.69) is 26.2 Å². The molecule has 1 aromatic heterocycles. The van der Waals surface area contributed by atoms with Gasteiger partial charge in [-0.2, -0.15) is 5.26 Å². The van der Waals surface area contributed by atoms with E-state index in [4.69, 9.17) is 5.26 Å². The summed E-state index contributed by atoms with van der Waals surface area (Å²) >= 11 is 3.35. The Balaban J connectivity index is 2.46. The first-order chi connectivity index (χ1) is 6.36. The van der Waals surface area contributed by atoms with Crippen molar-refractivity contribution in [3.05, 3.63) is 24.0 Å². The molecular formula is C9H10BrN3. The van der Waals surface area contributed by atoms with Gasteiger partial charge in [0.1, 0.15) is 11.8 Å². The molecule has 0 unspecified atom stereocenters. The topological polar surface area (TPSA) is 48.7 Å². The van der Waals surface area contributed by atoms with E-state index in [-0.39, 0.29) is 0 Å². The summed E-state index contributed by atoms with van der Waals surface area (Å²) in [6, 6.07) is 5.54. The minimum Gasteiger partial charge on any atom is -0.384 e. The maximum absolute atomic E-state index is 8.50. The lowest BCUT2D eigenvalue weighted by atomic mass is 10.3. The largest absolute Gasteiger partial charge is 0.384 e. The third kappa shape index (κ3) is 3.43. The second kappa shape index (κ2) is 5.55. The number of nitrogens with zero attached hydrogens (tertiary/aromatic N) is 2. The van der Waals surface area contributed by atoms with Gasteiger partial charge in [-0.15, -0.1) is 0 Å². The third-order valence-corrected chi connectivity index (χ3v) is 2.08. The van der Waals surface area contributed by atoms with Crippen molar-refractivity contribution in [1.29, 1.82) is 5.26 Å². The van der Waals surface area contributed by atoms with E-state index in [0.29, 0.717) is 5.69 Å². The summed E-state index contributed by atoms with van der Waals surface area (Å²) in [6.07, 6.45) is 2.74. The summed E-state index contributed by atoms with van der Waals surface area (Å²) in [7, 11) is 0. The van der Waals surface area contributed by atoms with Crippen LogP contribution in [0.5, 0.6) is 0 Å². The number of aromatic nitrogens is 1. The van der Waals surface area contributed by atoms with Crippen molar-refractivity contribution in [2.75, 3.05) is 17.2 Å². The van der Waals surface area contributed by atoms with Gasteiger partial charge in [0, 0.05) is 11.9 Å². The van der Waals surface area contributed by atoms with Crippen molar-refractivity contribution in [2.24, 2.45) is 0 Å².